The SMILES string of the molecule is O=C(Nc1cccc(C(=O)O)n1)c1ccnnc1. The number of carbonyl (C=O) groups is 2. The first-order chi connectivity index (χ1) is 8.66. The van der Waals surface area contributed by atoms with Crippen LogP contribution in [0.15, 0.2) is 36.7 Å². The number of nitrogens with zero attached hydrogens (tertiary/aromatic N) is 3. The minimum Gasteiger partial charge on any atom is -0.477 e. The summed E-state index contributed by atoms with van der Waals surface area (Å²) in [4.78, 5) is 26.2. The van der Waals surface area contributed by atoms with Crippen LogP contribution < -0.4 is 5.32 Å². The molecule has 0 atom stereocenters. The zero-order valence-electron chi connectivity index (χ0n) is 9.07. The van der Waals surface area contributed by atoms with Gasteiger partial charge in [0.25, 0.3) is 5.91 Å². The fourth-order valence-electron chi connectivity index (χ4n) is 1.24. The zero-order chi connectivity index (χ0) is 13.0. The highest BCUT2D eigenvalue weighted by atomic mass is 16.4. The average Bonchev–Trinajstić information content (AvgIpc) is 2.40. The topological polar surface area (TPSA) is 105 Å². The molecule has 18 heavy (non-hydrogen) atoms. The van der Waals surface area contributed by atoms with Gasteiger partial charge >= 0.3 is 5.97 Å². The minimum atomic E-state index is -1.16. The summed E-state index contributed by atoms with van der Waals surface area (Å²) in [5.41, 5.74) is 0.174. The van der Waals surface area contributed by atoms with E-state index in [0.717, 1.165) is 0 Å². The molecule has 0 aliphatic heterocycles. The van der Waals surface area contributed by atoms with E-state index >= 15 is 0 Å². The lowest BCUT2D eigenvalue weighted by Crippen LogP contribution is -2.14. The summed E-state index contributed by atoms with van der Waals surface area (Å²) >= 11 is 0. The predicted molar refractivity (Wildman–Crippen MR) is 61.2 cm³/mol. The molecule has 1 amide bonds. The van der Waals surface area contributed by atoms with Crippen LogP contribution >= 0.6 is 0 Å². The third-order valence-corrected chi connectivity index (χ3v) is 2.06. The maximum atomic E-state index is 11.7. The first-order valence-electron chi connectivity index (χ1n) is 4.95. The molecule has 7 nitrogen and oxygen atoms in total. The van der Waals surface area contributed by atoms with Crippen LogP contribution in [0.1, 0.15) is 20.8 Å². The number of carboxylic acid groups (broad SMARTS) is 1. The fourth-order valence-corrected chi connectivity index (χ4v) is 1.24. The van der Waals surface area contributed by atoms with Crippen molar-refractivity contribution in [2.24, 2.45) is 0 Å². The number of carboxylic acids is 1. The van der Waals surface area contributed by atoms with Gasteiger partial charge in [0.1, 0.15) is 5.82 Å². The molecule has 0 saturated heterocycles. The summed E-state index contributed by atoms with van der Waals surface area (Å²) in [5, 5.41) is 18.4. The van der Waals surface area contributed by atoms with Gasteiger partial charge in [-0.15, -0.1) is 0 Å². The molecule has 2 N–H and O–H groups in total. The van der Waals surface area contributed by atoms with Gasteiger partial charge in [-0.1, -0.05) is 6.07 Å². The highest BCUT2D eigenvalue weighted by molar-refractivity contribution is 6.03. The number of aromatic carboxylic acids is 1. The molecule has 0 saturated carbocycles. The molecule has 90 valence electrons. The molecule has 7 heteroatoms. The van der Waals surface area contributed by atoms with E-state index < -0.39 is 11.9 Å². The van der Waals surface area contributed by atoms with Crippen molar-refractivity contribution in [3.05, 3.63) is 47.9 Å². The Morgan fingerprint density at radius 2 is 2.00 bits per heavy atom. The van der Waals surface area contributed by atoms with Crippen molar-refractivity contribution in [1.82, 2.24) is 15.2 Å². The van der Waals surface area contributed by atoms with Crippen LogP contribution in [-0.4, -0.2) is 32.2 Å². The van der Waals surface area contributed by atoms with E-state index in [1.807, 2.05) is 0 Å². The van der Waals surface area contributed by atoms with Gasteiger partial charge in [0, 0.05) is 0 Å². The summed E-state index contributed by atoms with van der Waals surface area (Å²) in [6, 6.07) is 5.82. The number of hydrogen-bond acceptors (Lipinski definition) is 5. The van der Waals surface area contributed by atoms with Crippen LogP contribution in [0.2, 0.25) is 0 Å². The number of carbonyl (C=O) groups excluding carboxylic acids is 1. The number of amides is 1. The Morgan fingerprint density at radius 1 is 1.17 bits per heavy atom. The number of hydrogen-bond donors (Lipinski definition) is 2. The van der Waals surface area contributed by atoms with E-state index in [-0.39, 0.29) is 11.5 Å². The molecule has 2 heterocycles. The van der Waals surface area contributed by atoms with Crippen molar-refractivity contribution < 1.29 is 14.7 Å². The van der Waals surface area contributed by atoms with Gasteiger partial charge in [0.05, 0.1) is 18.0 Å². The summed E-state index contributed by atoms with van der Waals surface area (Å²) in [6.45, 7) is 0. The molecule has 0 radical (unpaired) electrons. The molecule has 2 rings (SSSR count). The number of rotatable bonds is 3. The molecular formula is C11H8N4O3. The second-order valence-corrected chi connectivity index (χ2v) is 3.30. The zero-order valence-corrected chi connectivity index (χ0v) is 9.07. The summed E-state index contributed by atoms with van der Waals surface area (Å²) in [7, 11) is 0. The normalized spacial score (nSPS) is 9.78. The third-order valence-electron chi connectivity index (χ3n) is 2.06. The van der Waals surface area contributed by atoms with Crippen LogP contribution in [0.5, 0.6) is 0 Å². The first kappa shape index (κ1) is 11.6. The predicted octanol–water partition coefficient (Wildman–Crippen LogP) is 0.822. The Bertz CT molecular complexity index is 586. The molecule has 0 fully saturated rings. The van der Waals surface area contributed by atoms with Gasteiger partial charge < -0.3 is 10.4 Å². The maximum absolute atomic E-state index is 11.7. The fraction of sp³-hybridized carbons (Fsp3) is 0. The van der Waals surface area contributed by atoms with Crippen molar-refractivity contribution in [3.8, 4) is 0 Å². The Hall–Kier alpha value is -2.83. The molecular weight excluding hydrogens is 236 g/mol. The molecule has 0 aliphatic rings. The highest BCUT2D eigenvalue weighted by Gasteiger charge is 2.09. The van der Waals surface area contributed by atoms with E-state index in [2.05, 4.69) is 20.5 Å². The van der Waals surface area contributed by atoms with Gasteiger partial charge in [-0.2, -0.15) is 10.2 Å². The van der Waals surface area contributed by atoms with E-state index in [1.54, 1.807) is 0 Å². The lowest BCUT2D eigenvalue weighted by atomic mass is 10.3. The van der Waals surface area contributed by atoms with E-state index in [4.69, 9.17) is 5.11 Å². The van der Waals surface area contributed by atoms with Crippen molar-refractivity contribution in [2.45, 2.75) is 0 Å². The van der Waals surface area contributed by atoms with Crippen LogP contribution in [0.4, 0.5) is 5.82 Å². The van der Waals surface area contributed by atoms with Gasteiger partial charge in [-0.05, 0) is 18.2 Å². The van der Waals surface area contributed by atoms with E-state index in [9.17, 15) is 9.59 Å². The van der Waals surface area contributed by atoms with E-state index in [1.165, 1.54) is 36.7 Å². The number of nitrogens with one attached hydrogen (secondary N) is 1. The van der Waals surface area contributed by atoms with Crippen molar-refractivity contribution in [2.75, 3.05) is 5.32 Å². The summed E-state index contributed by atoms with van der Waals surface area (Å²) in [5.74, 6) is -1.42. The molecule has 2 aromatic heterocycles. The van der Waals surface area contributed by atoms with Gasteiger partial charge in [-0.3, -0.25) is 4.79 Å². The Balaban J connectivity index is 2.17. The quantitative estimate of drug-likeness (QED) is 0.828. The van der Waals surface area contributed by atoms with Crippen LogP contribution in [0.3, 0.4) is 0 Å². The molecule has 0 aromatic carbocycles. The molecule has 0 spiro atoms. The summed E-state index contributed by atoms with van der Waals surface area (Å²) in [6.07, 6.45) is 2.69. The van der Waals surface area contributed by atoms with Gasteiger partial charge in [0.15, 0.2) is 5.69 Å². The maximum Gasteiger partial charge on any atom is 0.354 e. The molecule has 0 aliphatic carbocycles. The third kappa shape index (κ3) is 2.64. The van der Waals surface area contributed by atoms with E-state index in [0.29, 0.717) is 5.56 Å². The minimum absolute atomic E-state index is 0.138. The van der Waals surface area contributed by atoms with Crippen molar-refractivity contribution >= 4 is 17.7 Å². The van der Waals surface area contributed by atoms with Gasteiger partial charge in [0.2, 0.25) is 0 Å². The monoisotopic (exact) mass is 244 g/mol. The largest absolute Gasteiger partial charge is 0.477 e. The lowest BCUT2D eigenvalue weighted by molar-refractivity contribution is 0.0690. The highest BCUT2D eigenvalue weighted by Crippen LogP contribution is 2.07. The summed E-state index contributed by atoms with van der Waals surface area (Å²) < 4.78 is 0. The van der Waals surface area contributed by atoms with Crippen LogP contribution in [-0.2, 0) is 0 Å². The van der Waals surface area contributed by atoms with Gasteiger partial charge in [-0.25, -0.2) is 9.78 Å². The average molecular weight is 244 g/mol. The lowest BCUT2D eigenvalue weighted by Gasteiger charge is -2.04. The van der Waals surface area contributed by atoms with Crippen molar-refractivity contribution in [1.29, 1.82) is 0 Å². The molecule has 0 bridgehead atoms. The van der Waals surface area contributed by atoms with Crippen LogP contribution in [0, 0.1) is 0 Å². The Labute approximate surface area is 102 Å². The smallest absolute Gasteiger partial charge is 0.354 e. The number of aromatic nitrogens is 3. The number of anilines is 1. The standard InChI is InChI=1S/C11H8N4O3/c16-10(7-4-5-12-13-6-7)15-9-3-1-2-8(14-9)11(17)18/h1-6H,(H,17,18)(H,14,15,16). The second-order valence-electron chi connectivity index (χ2n) is 3.30. The molecule has 2 aromatic rings. The second kappa shape index (κ2) is 5.00. The van der Waals surface area contributed by atoms with Crippen LogP contribution in [0.25, 0.3) is 0 Å². The Morgan fingerprint density at radius 3 is 2.67 bits per heavy atom. The first-order valence-corrected chi connectivity index (χ1v) is 4.95. The molecule has 0 unspecified atom stereocenters. The van der Waals surface area contributed by atoms with Crippen molar-refractivity contribution in [3.63, 3.8) is 0 Å². The number of pyridine rings is 1. The Kier molecular flexibility index (Phi) is 3.24.